The summed E-state index contributed by atoms with van der Waals surface area (Å²) in [6.07, 6.45) is 2.25. The van der Waals surface area contributed by atoms with Gasteiger partial charge in [-0.1, -0.05) is 13.8 Å². The molecule has 2 heteroatoms. The molecule has 0 saturated carbocycles. The monoisotopic (exact) mass is 146 g/mol. The Hall–Kier alpha value is -0.0800. The molecule has 0 radical (unpaired) electrons. The first-order valence-corrected chi connectivity index (χ1v) is 3.92. The predicted molar refractivity (Wildman–Crippen MR) is 41.9 cm³/mol. The predicted octanol–water partition coefficient (Wildman–Crippen LogP) is 2.18. The van der Waals surface area contributed by atoms with E-state index in [9.17, 15) is 0 Å². The summed E-state index contributed by atoms with van der Waals surface area (Å²) in [6, 6.07) is 0. The number of ether oxygens (including phenoxy) is 2. The largest absolute Gasteiger partial charge is 0.356 e. The Kier molecular flexibility index (Phi) is 5.64. The molecule has 0 aromatic heterocycles. The van der Waals surface area contributed by atoms with Crippen LogP contribution in [0.2, 0.25) is 0 Å². The quantitative estimate of drug-likeness (QED) is 0.553. The zero-order valence-corrected chi connectivity index (χ0v) is 7.39. The number of hydrogen-bond acceptors (Lipinski definition) is 2. The third-order valence-electron chi connectivity index (χ3n) is 1.56. The van der Waals surface area contributed by atoms with Gasteiger partial charge in [0.15, 0.2) is 6.29 Å². The number of hydrogen-bond donors (Lipinski definition) is 0. The summed E-state index contributed by atoms with van der Waals surface area (Å²) in [7, 11) is 1.68. The van der Waals surface area contributed by atoms with Crippen molar-refractivity contribution in [2.45, 2.75) is 46.0 Å². The Bertz CT molecular complexity index is 69.7. The molecule has 0 heterocycles. The fraction of sp³-hybridized carbons (Fsp3) is 1.00. The molecule has 62 valence electrons. The van der Waals surface area contributed by atoms with E-state index < -0.39 is 0 Å². The van der Waals surface area contributed by atoms with Crippen LogP contribution in [0, 0.1) is 0 Å². The highest BCUT2D eigenvalue weighted by atomic mass is 16.7. The zero-order chi connectivity index (χ0) is 7.98. The van der Waals surface area contributed by atoms with Gasteiger partial charge in [0.05, 0.1) is 6.10 Å². The van der Waals surface area contributed by atoms with Crippen molar-refractivity contribution in [2.75, 3.05) is 7.11 Å². The van der Waals surface area contributed by atoms with E-state index in [1.165, 1.54) is 0 Å². The standard InChI is InChI=1S/C8H18O2/c1-5-7(3)10-8(6-2)9-4/h7-8H,5-6H2,1-4H3. The van der Waals surface area contributed by atoms with Crippen LogP contribution in [0.4, 0.5) is 0 Å². The van der Waals surface area contributed by atoms with Gasteiger partial charge < -0.3 is 9.47 Å². The summed E-state index contributed by atoms with van der Waals surface area (Å²) in [5.74, 6) is 0. The van der Waals surface area contributed by atoms with Crippen molar-refractivity contribution in [3.05, 3.63) is 0 Å². The average Bonchev–Trinajstić information content (AvgIpc) is 1.99. The molecule has 0 N–H and O–H groups in total. The second-order valence-electron chi connectivity index (χ2n) is 2.43. The molecule has 0 aliphatic carbocycles. The van der Waals surface area contributed by atoms with Gasteiger partial charge in [-0.15, -0.1) is 0 Å². The van der Waals surface area contributed by atoms with Crippen molar-refractivity contribution in [3.8, 4) is 0 Å². The smallest absolute Gasteiger partial charge is 0.157 e. The van der Waals surface area contributed by atoms with Crippen molar-refractivity contribution in [2.24, 2.45) is 0 Å². The first-order valence-electron chi connectivity index (χ1n) is 3.92. The van der Waals surface area contributed by atoms with Gasteiger partial charge in [-0.25, -0.2) is 0 Å². The fourth-order valence-electron chi connectivity index (χ4n) is 0.674. The maximum Gasteiger partial charge on any atom is 0.157 e. The van der Waals surface area contributed by atoms with Crippen LogP contribution in [-0.2, 0) is 9.47 Å². The van der Waals surface area contributed by atoms with E-state index in [1.807, 2.05) is 0 Å². The second kappa shape index (κ2) is 5.69. The molecule has 0 aliphatic rings. The highest BCUT2D eigenvalue weighted by Crippen LogP contribution is 2.05. The van der Waals surface area contributed by atoms with Gasteiger partial charge in [0.25, 0.3) is 0 Å². The van der Waals surface area contributed by atoms with Crippen LogP contribution in [0.1, 0.15) is 33.6 Å². The minimum absolute atomic E-state index is 0.0186. The molecular weight excluding hydrogens is 128 g/mol. The zero-order valence-electron chi connectivity index (χ0n) is 7.39. The van der Waals surface area contributed by atoms with Gasteiger partial charge in [0.2, 0.25) is 0 Å². The third-order valence-corrected chi connectivity index (χ3v) is 1.56. The molecule has 0 aliphatic heterocycles. The summed E-state index contributed by atoms with van der Waals surface area (Å²) in [6.45, 7) is 6.21. The molecule has 2 nitrogen and oxygen atoms in total. The Morgan fingerprint density at radius 3 is 2.10 bits per heavy atom. The van der Waals surface area contributed by atoms with Gasteiger partial charge in [-0.2, -0.15) is 0 Å². The Morgan fingerprint density at radius 2 is 1.80 bits per heavy atom. The SMILES string of the molecule is CCC(C)OC(CC)OC. The van der Waals surface area contributed by atoms with E-state index in [0.29, 0.717) is 6.10 Å². The van der Waals surface area contributed by atoms with Crippen LogP contribution in [0.15, 0.2) is 0 Å². The molecule has 0 aromatic rings. The molecule has 0 bridgehead atoms. The average molecular weight is 146 g/mol. The molecule has 0 amide bonds. The number of methoxy groups -OCH3 is 1. The third kappa shape index (κ3) is 3.85. The lowest BCUT2D eigenvalue weighted by Gasteiger charge is -2.18. The summed E-state index contributed by atoms with van der Waals surface area (Å²) < 4.78 is 10.5. The van der Waals surface area contributed by atoms with Crippen molar-refractivity contribution in [3.63, 3.8) is 0 Å². The molecule has 0 aromatic carbocycles. The Balaban J connectivity index is 3.41. The lowest BCUT2D eigenvalue weighted by Crippen LogP contribution is -2.20. The maximum atomic E-state index is 5.48. The van der Waals surface area contributed by atoms with E-state index in [-0.39, 0.29) is 6.29 Å². The van der Waals surface area contributed by atoms with Crippen LogP contribution in [-0.4, -0.2) is 19.5 Å². The highest BCUT2D eigenvalue weighted by molar-refractivity contribution is 4.46. The first-order chi connectivity index (χ1) is 4.74. The van der Waals surface area contributed by atoms with Crippen LogP contribution in [0.5, 0.6) is 0 Å². The molecule has 0 saturated heterocycles. The summed E-state index contributed by atoms with van der Waals surface area (Å²) in [5, 5.41) is 0. The van der Waals surface area contributed by atoms with Gasteiger partial charge in [0.1, 0.15) is 0 Å². The fourth-order valence-corrected chi connectivity index (χ4v) is 0.674. The Labute approximate surface area is 63.5 Å². The lowest BCUT2D eigenvalue weighted by molar-refractivity contribution is -0.152. The number of rotatable bonds is 5. The van der Waals surface area contributed by atoms with Crippen LogP contribution in [0.3, 0.4) is 0 Å². The van der Waals surface area contributed by atoms with E-state index >= 15 is 0 Å². The molecule has 2 atom stereocenters. The maximum absolute atomic E-state index is 5.48. The van der Waals surface area contributed by atoms with Crippen LogP contribution in [0.25, 0.3) is 0 Å². The minimum atomic E-state index is -0.0186. The van der Waals surface area contributed by atoms with E-state index in [2.05, 4.69) is 20.8 Å². The Morgan fingerprint density at radius 1 is 1.20 bits per heavy atom. The molecule has 0 rings (SSSR count). The normalized spacial score (nSPS) is 16.8. The van der Waals surface area contributed by atoms with Gasteiger partial charge in [-0.05, 0) is 19.8 Å². The topological polar surface area (TPSA) is 18.5 Å². The van der Waals surface area contributed by atoms with Crippen molar-refractivity contribution >= 4 is 0 Å². The van der Waals surface area contributed by atoms with Crippen molar-refractivity contribution < 1.29 is 9.47 Å². The molecular formula is C8H18O2. The molecule has 0 spiro atoms. The van der Waals surface area contributed by atoms with E-state index in [4.69, 9.17) is 9.47 Å². The lowest BCUT2D eigenvalue weighted by atomic mass is 10.3. The van der Waals surface area contributed by atoms with Gasteiger partial charge in [-0.3, -0.25) is 0 Å². The molecule has 10 heavy (non-hydrogen) atoms. The summed E-state index contributed by atoms with van der Waals surface area (Å²) >= 11 is 0. The van der Waals surface area contributed by atoms with E-state index in [1.54, 1.807) is 7.11 Å². The summed E-state index contributed by atoms with van der Waals surface area (Å²) in [5.41, 5.74) is 0. The van der Waals surface area contributed by atoms with Crippen LogP contribution >= 0.6 is 0 Å². The first kappa shape index (κ1) is 9.92. The minimum Gasteiger partial charge on any atom is -0.356 e. The van der Waals surface area contributed by atoms with Gasteiger partial charge in [0, 0.05) is 7.11 Å². The highest BCUT2D eigenvalue weighted by Gasteiger charge is 2.07. The second-order valence-corrected chi connectivity index (χ2v) is 2.43. The summed E-state index contributed by atoms with van der Waals surface area (Å²) in [4.78, 5) is 0. The van der Waals surface area contributed by atoms with Gasteiger partial charge >= 0.3 is 0 Å². The molecule has 0 fully saturated rings. The van der Waals surface area contributed by atoms with Crippen molar-refractivity contribution in [1.82, 2.24) is 0 Å². The molecule has 2 unspecified atom stereocenters. The van der Waals surface area contributed by atoms with Crippen molar-refractivity contribution in [1.29, 1.82) is 0 Å². The van der Waals surface area contributed by atoms with E-state index in [0.717, 1.165) is 12.8 Å². The van der Waals surface area contributed by atoms with Crippen LogP contribution < -0.4 is 0 Å².